The number of carboxylic acid groups (broad SMARTS) is 1. The molecule has 0 spiro atoms. The zero-order valence-electron chi connectivity index (χ0n) is 5.06. The van der Waals surface area contributed by atoms with Gasteiger partial charge in [-0.1, -0.05) is 0 Å². The van der Waals surface area contributed by atoms with Crippen LogP contribution in [0.4, 0.5) is 4.79 Å². The molecule has 0 radical (unpaired) electrons. The minimum atomic E-state index is -1.07. The first kappa shape index (κ1) is 7.08. The van der Waals surface area contributed by atoms with E-state index >= 15 is 0 Å². The molecule has 0 aromatic carbocycles. The number of carbonyl (C=O) groups is 1. The Hall–Kier alpha value is -1.03. The van der Waals surface area contributed by atoms with E-state index in [-0.39, 0.29) is 0 Å². The molecule has 0 bridgehead atoms. The summed E-state index contributed by atoms with van der Waals surface area (Å²) in [5.74, 6) is 0. The van der Waals surface area contributed by atoms with Gasteiger partial charge in [-0.05, 0) is 0 Å². The van der Waals surface area contributed by atoms with Crippen molar-refractivity contribution in [1.82, 2.24) is 0 Å². The van der Waals surface area contributed by atoms with Crippen molar-refractivity contribution in [3.63, 3.8) is 0 Å². The maximum atomic E-state index is 10.3. The van der Waals surface area contributed by atoms with E-state index in [0.717, 1.165) is 0 Å². The molecule has 1 aliphatic heterocycles. The van der Waals surface area contributed by atoms with Crippen LogP contribution >= 0.6 is 0 Å². The maximum Gasteiger partial charge on any atom is 0.284 e. The molecule has 3 nitrogen and oxygen atoms in total. The molecule has 0 fully saturated rings. The lowest BCUT2D eigenvalue weighted by Crippen LogP contribution is -2.27. The summed E-state index contributed by atoms with van der Waals surface area (Å²) in [7, 11) is -0.894. The van der Waals surface area contributed by atoms with Gasteiger partial charge in [0.2, 0.25) is 0 Å². The Morgan fingerprint density at radius 1 is 1.50 bits per heavy atom. The molecule has 52 valence electrons. The lowest BCUT2D eigenvalue weighted by molar-refractivity contribution is -0.232. The summed E-state index contributed by atoms with van der Waals surface area (Å²) in [5.41, 5.74) is 0. The molecule has 0 N–H and O–H groups in total. The molecule has 10 heavy (non-hydrogen) atoms. The van der Waals surface area contributed by atoms with Gasteiger partial charge in [0.1, 0.15) is 21.7 Å². The summed E-state index contributed by atoms with van der Waals surface area (Å²) in [5, 5.41) is 12.2. The Morgan fingerprint density at radius 3 is 3.00 bits per heavy atom. The number of allylic oxidation sites excluding steroid dienone is 1. The predicted molar refractivity (Wildman–Crippen MR) is 39.5 cm³/mol. The summed E-state index contributed by atoms with van der Waals surface area (Å²) in [6.45, 7) is 0. The van der Waals surface area contributed by atoms with Gasteiger partial charge in [-0.15, -0.1) is 0 Å². The maximum absolute atomic E-state index is 10.3. The van der Waals surface area contributed by atoms with Gasteiger partial charge in [-0.25, -0.2) is 0 Å². The van der Waals surface area contributed by atoms with E-state index in [1.54, 1.807) is 11.5 Å². The van der Waals surface area contributed by atoms with Crippen molar-refractivity contribution in [3.8, 4) is 0 Å². The molecule has 0 aliphatic carbocycles. The monoisotopic (exact) mass is 155 g/mol. The van der Waals surface area contributed by atoms with Gasteiger partial charge in [0.05, 0.1) is 6.20 Å². The van der Waals surface area contributed by atoms with Gasteiger partial charge in [0.15, 0.2) is 0 Å². The third kappa shape index (κ3) is 1.73. The number of aliphatic imine (C=N–C) groups is 1. The van der Waals surface area contributed by atoms with Crippen LogP contribution in [0, 0.1) is 0 Å². The molecule has 1 heterocycles. The highest BCUT2D eigenvalue weighted by Gasteiger charge is 2.13. The fourth-order valence-corrected chi connectivity index (χ4v) is 1.23. The van der Waals surface area contributed by atoms with Crippen LogP contribution in [0.5, 0.6) is 0 Å². The van der Waals surface area contributed by atoms with Crippen LogP contribution in [0.25, 0.3) is 0 Å². The van der Waals surface area contributed by atoms with E-state index in [1.807, 2.05) is 0 Å². The van der Waals surface area contributed by atoms with Crippen molar-refractivity contribution in [2.75, 3.05) is 0 Å². The van der Waals surface area contributed by atoms with E-state index in [2.05, 4.69) is 4.99 Å². The predicted octanol–water partition coefficient (Wildman–Crippen LogP) is 0.0173. The van der Waals surface area contributed by atoms with Crippen LogP contribution in [0.3, 0.4) is 0 Å². The van der Waals surface area contributed by atoms with Crippen molar-refractivity contribution < 1.29 is 9.90 Å². The molecule has 1 unspecified atom stereocenters. The summed E-state index contributed by atoms with van der Waals surface area (Å²) >= 11 is 0. The van der Waals surface area contributed by atoms with Crippen molar-refractivity contribution in [1.29, 1.82) is 0 Å². The quantitative estimate of drug-likeness (QED) is 0.463. The smallest absolute Gasteiger partial charge is 0.284 e. The van der Waals surface area contributed by atoms with E-state index in [9.17, 15) is 9.90 Å². The number of nitrogens with zero attached hydrogens (tertiary/aromatic N) is 1. The zero-order chi connectivity index (χ0) is 7.40. The largest absolute Gasteiger partial charge is 0.503 e. The molecule has 0 aromatic rings. The van der Waals surface area contributed by atoms with Gasteiger partial charge in [-0.3, -0.25) is 4.99 Å². The van der Waals surface area contributed by atoms with E-state index in [1.165, 1.54) is 17.8 Å². The summed E-state index contributed by atoms with van der Waals surface area (Å²) < 4.78 is 0. The lowest BCUT2D eigenvalue weighted by Gasteiger charge is -1.92. The fraction of sp³-hybridized carbons (Fsp3) is 0. The molecule has 0 saturated heterocycles. The fourth-order valence-electron chi connectivity index (χ4n) is 0.476. The second-order valence-corrected chi connectivity index (χ2v) is 3.15. The third-order valence-electron chi connectivity index (χ3n) is 0.883. The van der Waals surface area contributed by atoms with Crippen LogP contribution in [0.1, 0.15) is 0 Å². The van der Waals surface area contributed by atoms with Gasteiger partial charge in [0.25, 0.3) is 5.30 Å². The molecule has 1 aliphatic rings. The van der Waals surface area contributed by atoms with Crippen LogP contribution < -0.4 is 5.11 Å². The van der Waals surface area contributed by atoms with Crippen LogP contribution in [0.2, 0.25) is 0 Å². The molecular weight excluding hydrogens is 150 g/mol. The summed E-state index contributed by atoms with van der Waals surface area (Å²) in [6, 6.07) is 0. The standard InChI is InChI=1S/C6H5NO2S/c8-6(9)10-4-1-2-7-3-5-10/h1-5H. The van der Waals surface area contributed by atoms with Crippen LogP contribution in [-0.4, -0.2) is 11.5 Å². The van der Waals surface area contributed by atoms with Gasteiger partial charge >= 0.3 is 0 Å². The Balaban J connectivity index is 2.72. The van der Waals surface area contributed by atoms with Gasteiger partial charge < -0.3 is 9.90 Å². The van der Waals surface area contributed by atoms with Gasteiger partial charge in [-0.2, -0.15) is 0 Å². The number of rotatable bonds is 0. The summed E-state index contributed by atoms with van der Waals surface area (Å²) in [4.78, 5) is 14.0. The second kappa shape index (κ2) is 3.22. The average Bonchev–Trinajstić information content (AvgIpc) is 2.12. The third-order valence-corrected chi connectivity index (χ3v) is 2.13. The molecule has 1 rings (SSSR count). The molecule has 1 atom stereocenters. The van der Waals surface area contributed by atoms with E-state index in [4.69, 9.17) is 0 Å². The highest BCUT2D eigenvalue weighted by molar-refractivity contribution is 8.15. The van der Waals surface area contributed by atoms with Crippen molar-refractivity contribution >= 4 is 22.4 Å². The molecular formula is C6H5NO2S. The Labute approximate surface area is 61.1 Å². The Kier molecular flexibility index (Phi) is 2.28. The lowest BCUT2D eigenvalue weighted by atomic mass is 10.7. The van der Waals surface area contributed by atoms with Crippen molar-refractivity contribution in [2.24, 2.45) is 4.99 Å². The molecule has 4 heteroatoms. The summed E-state index contributed by atoms with van der Waals surface area (Å²) in [6.07, 6.45) is 4.59. The van der Waals surface area contributed by atoms with Crippen molar-refractivity contribution in [3.05, 3.63) is 23.1 Å². The Morgan fingerprint density at radius 2 is 2.30 bits per heavy atom. The minimum Gasteiger partial charge on any atom is -0.503 e. The highest BCUT2D eigenvalue weighted by atomic mass is 32.2. The number of hydrogen-bond acceptors (Lipinski definition) is 3. The number of carbonyl (C=O) groups excluding carboxylic acids is 1. The average molecular weight is 155 g/mol. The first-order chi connectivity index (χ1) is 4.80. The van der Waals surface area contributed by atoms with Gasteiger partial charge in [0, 0.05) is 12.3 Å². The van der Waals surface area contributed by atoms with Crippen LogP contribution in [-0.2, 0) is 10.9 Å². The SMILES string of the molecule is O=C([O-])[S+]1C=CC=NC=C1. The topological polar surface area (TPSA) is 52.5 Å². The minimum absolute atomic E-state index is 0.894. The second-order valence-electron chi connectivity index (χ2n) is 1.53. The Bertz CT molecular complexity index is 204. The molecule has 0 aromatic heterocycles. The van der Waals surface area contributed by atoms with E-state index in [0.29, 0.717) is 0 Å². The first-order valence-electron chi connectivity index (χ1n) is 2.60. The zero-order valence-corrected chi connectivity index (χ0v) is 5.88. The van der Waals surface area contributed by atoms with Crippen molar-refractivity contribution in [2.45, 2.75) is 0 Å². The normalized spacial score (nSPS) is 22.6. The van der Waals surface area contributed by atoms with Crippen LogP contribution in [0.15, 0.2) is 28.1 Å². The number of hydrogen-bond donors (Lipinski definition) is 0. The molecule has 0 saturated carbocycles. The highest BCUT2D eigenvalue weighted by Crippen LogP contribution is 2.02. The first-order valence-corrected chi connectivity index (χ1v) is 3.95. The van der Waals surface area contributed by atoms with E-state index < -0.39 is 16.2 Å². The molecule has 0 amide bonds.